The monoisotopic (exact) mass is 165 g/mol. The number of allylic oxidation sites excluding steroid dienone is 1. The molecular weight excluding hydrogens is 150 g/mol. The van der Waals surface area contributed by atoms with Gasteiger partial charge in [0.2, 0.25) is 0 Å². The SMILES string of the molecule is C/C(C=N)=C/N=CN1CCCC1. The van der Waals surface area contributed by atoms with E-state index in [9.17, 15) is 0 Å². The molecule has 0 aromatic heterocycles. The van der Waals surface area contributed by atoms with Crippen molar-refractivity contribution in [1.82, 2.24) is 4.90 Å². The van der Waals surface area contributed by atoms with Gasteiger partial charge in [0.05, 0.1) is 6.34 Å². The van der Waals surface area contributed by atoms with Crippen molar-refractivity contribution in [1.29, 1.82) is 5.41 Å². The molecule has 0 aliphatic carbocycles. The molecule has 0 radical (unpaired) electrons. The van der Waals surface area contributed by atoms with Gasteiger partial charge in [-0.2, -0.15) is 0 Å². The Bertz CT molecular complexity index is 200. The molecule has 1 fully saturated rings. The lowest BCUT2D eigenvalue weighted by molar-refractivity contribution is 0.535. The Morgan fingerprint density at radius 2 is 2.08 bits per heavy atom. The average molecular weight is 165 g/mol. The molecule has 1 saturated heterocycles. The minimum Gasteiger partial charge on any atom is -0.363 e. The summed E-state index contributed by atoms with van der Waals surface area (Å²) in [6.07, 6.45) is 7.44. The lowest BCUT2D eigenvalue weighted by atomic mass is 10.4. The van der Waals surface area contributed by atoms with Crippen molar-refractivity contribution in [2.45, 2.75) is 19.8 Å². The van der Waals surface area contributed by atoms with Crippen LogP contribution in [0.5, 0.6) is 0 Å². The van der Waals surface area contributed by atoms with Gasteiger partial charge in [-0.05, 0) is 25.3 Å². The minimum absolute atomic E-state index is 0.880. The fourth-order valence-corrected chi connectivity index (χ4v) is 1.14. The average Bonchev–Trinajstić information content (AvgIpc) is 2.57. The number of hydrogen-bond donors (Lipinski definition) is 1. The van der Waals surface area contributed by atoms with Crippen LogP contribution in [0.3, 0.4) is 0 Å². The third kappa shape index (κ3) is 2.86. The van der Waals surface area contributed by atoms with E-state index >= 15 is 0 Å². The third-order valence-corrected chi connectivity index (χ3v) is 1.88. The van der Waals surface area contributed by atoms with Crippen molar-refractivity contribution in [3.63, 3.8) is 0 Å². The van der Waals surface area contributed by atoms with E-state index < -0.39 is 0 Å². The van der Waals surface area contributed by atoms with E-state index in [1.54, 1.807) is 6.20 Å². The zero-order valence-corrected chi connectivity index (χ0v) is 7.45. The maximum absolute atomic E-state index is 6.92. The number of hydrogen-bond acceptors (Lipinski definition) is 2. The standard InChI is InChI=1S/C9H15N3/c1-9(6-10)7-11-8-12-4-2-3-5-12/h6-8,10H,2-5H2,1H3/b9-7-,10-6?,11-8?. The van der Waals surface area contributed by atoms with E-state index in [4.69, 9.17) is 5.41 Å². The van der Waals surface area contributed by atoms with Crippen LogP contribution in [-0.4, -0.2) is 30.5 Å². The molecule has 1 heterocycles. The van der Waals surface area contributed by atoms with Crippen LogP contribution in [0.15, 0.2) is 16.8 Å². The highest BCUT2D eigenvalue weighted by atomic mass is 15.2. The van der Waals surface area contributed by atoms with Crippen molar-refractivity contribution in [2.24, 2.45) is 4.99 Å². The molecule has 1 rings (SSSR count). The molecule has 1 aliphatic heterocycles. The quantitative estimate of drug-likeness (QED) is 0.501. The predicted octanol–water partition coefficient (Wildman–Crippen LogP) is 1.66. The van der Waals surface area contributed by atoms with Crippen molar-refractivity contribution in [3.8, 4) is 0 Å². The van der Waals surface area contributed by atoms with Crippen LogP contribution in [0.25, 0.3) is 0 Å². The van der Waals surface area contributed by atoms with Gasteiger partial charge in [-0.15, -0.1) is 0 Å². The predicted molar refractivity (Wildman–Crippen MR) is 51.8 cm³/mol. The lowest BCUT2D eigenvalue weighted by Crippen LogP contribution is -2.15. The van der Waals surface area contributed by atoms with E-state index in [0.29, 0.717) is 0 Å². The molecule has 0 saturated carbocycles. The number of aliphatic imine (C=N–C) groups is 1. The van der Waals surface area contributed by atoms with Crippen molar-refractivity contribution in [3.05, 3.63) is 11.8 Å². The molecule has 0 aromatic rings. The largest absolute Gasteiger partial charge is 0.363 e. The maximum atomic E-state index is 6.92. The Morgan fingerprint density at radius 3 is 2.67 bits per heavy atom. The highest BCUT2D eigenvalue weighted by molar-refractivity contribution is 5.75. The van der Waals surface area contributed by atoms with E-state index in [-0.39, 0.29) is 0 Å². The van der Waals surface area contributed by atoms with Gasteiger partial charge in [0.25, 0.3) is 0 Å². The van der Waals surface area contributed by atoms with Crippen LogP contribution in [-0.2, 0) is 0 Å². The lowest BCUT2D eigenvalue weighted by Gasteiger charge is -2.07. The van der Waals surface area contributed by atoms with Crippen LogP contribution >= 0.6 is 0 Å². The molecule has 0 unspecified atom stereocenters. The Kier molecular flexibility index (Phi) is 3.51. The van der Waals surface area contributed by atoms with Crippen molar-refractivity contribution >= 4 is 12.6 Å². The second-order valence-electron chi connectivity index (χ2n) is 3.03. The van der Waals surface area contributed by atoms with Crippen LogP contribution in [0.1, 0.15) is 19.8 Å². The third-order valence-electron chi connectivity index (χ3n) is 1.88. The summed E-state index contributed by atoms with van der Waals surface area (Å²) in [7, 11) is 0. The van der Waals surface area contributed by atoms with E-state index in [1.165, 1.54) is 19.1 Å². The Morgan fingerprint density at radius 1 is 1.42 bits per heavy atom. The van der Waals surface area contributed by atoms with Gasteiger partial charge < -0.3 is 10.3 Å². The number of nitrogens with zero attached hydrogens (tertiary/aromatic N) is 2. The van der Waals surface area contributed by atoms with Gasteiger partial charge in [-0.25, -0.2) is 4.99 Å². The first-order valence-corrected chi connectivity index (χ1v) is 4.27. The normalized spacial score (nSPS) is 19.1. The van der Waals surface area contributed by atoms with Crippen LogP contribution in [0.2, 0.25) is 0 Å². The molecule has 66 valence electrons. The molecule has 3 heteroatoms. The van der Waals surface area contributed by atoms with Gasteiger partial charge in [-0.1, -0.05) is 0 Å². The molecule has 3 nitrogen and oxygen atoms in total. The summed E-state index contributed by atoms with van der Waals surface area (Å²) < 4.78 is 0. The maximum Gasteiger partial charge on any atom is 0.0905 e. The second kappa shape index (κ2) is 4.70. The molecule has 0 spiro atoms. The molecule has 0 aromatic carbocycles. The molecular formula is C9H15N3. The van der Waals surface area contributed by atoms with E-state index in [0.717, 1.165) is 18.7 Å². The smallest absolute Gasteiger partial charge is 0.0905 e. The molecule has 0 bridgehead atoms. The number of nitrogens with one attached hydrogen (secondary N) is 1. The number of likely N-dealkylation sites (tertiary alicyclic amines) is 1. The van der Waals surface area contributed by atoms with Crippen molar-refractivity contribution in [2.75, 3.05) is 13.1 Å². The summed E-state index contributed by atoms with van der Waals surface area (Å²) in [5.41, 5.74) is 0.880. The summed E-state index contributed by atoms with van der Waals surface area (Å²) in [6, 6.07) is 0. The van der Waals surface area contributed by atoms with E-state index in [1.807, 2.05) is 13.3 Å². The first-order chi connectivity index (χ1) is 5.83. The highest BCUT2D eigenvalue weighted by Crippen LogP contribution is 2.04. The zero-order valence-electron chi connectivity index (χ0n) is 7.45. The highest BCUT2D eigenvalue weighted by Gasteiger charge is 2.05. The van der Waals surface area contributed by atoms with Gasteiger partial charge in [0.1, 0.15) is 0 Å². The van der Waals surface area contributed by atoms with Gasteiger partial charge >= 0.3 is 0 Å². The molecule has 0 amide bonds. The minimum atomic E-state index is 0.880. The van der Waals surface area contributed by atoms with Gasteiger partial charge in [0, 0.05) is 25.5 Å². The summed E-state index contributed by atoms with van der Waals surface area (Å²) in [4.78, 5) is 6.31. The Labute approximate surface area is 73.3 Å². The summed E-state index contributed by atoms with van der Waals surface area (Å²) in [6.45, 7) is 4.12. The van der Waals surface area contributed by atoms with Crippen LogP contribution in [0, 0.1) is 5.41 Å². The Balaban J connectivity index is 2.33. The van der Waals surface area contributed by atoms with Gasteiger partial charge in [-0.3, -0.25) is 0 Å². The van der Waals surface area contributed by atoms with Crippen molar-refractivity contribution < 1.29 is 0 Å². The topological polar surface area (TPSA) is 39.5 Å². The molecule has 12 heavy (non-hydrogen) atoms. The molecule has 1 aliphatic rings. The first-order valence-electron chi connectivity index (χ1n) is 4.27. The summed E-state index contributed by atoms with van der Waals surface area (Å²) in [5, 5.41) is 6.92. The molecule has 1 N–H and O–H groups in total. The van der Waals surface area contributed by atoms with Gasteiger partial charge in [0.15, 0.2) is 0 Å². The Hall–Kier alpha value is -1.12. The fourth-order valence-electron chi connectivity index (χ4n) is 1.14. The second-order valence-corrected chi connectivity index (χ2v) is 3.03. The number of rotatable bonds is 3. The summed E-state index contributed by atoms with van der Waals surface area (Å²) in [5.74, 6) is 0. The fraction of sp³-hybridized carbons (Fsp3) is 0.556. The van der Waals surface area contributed by atoms with Crippen LogP contribution < -0.4 is 0 Å². The van der Waals surface area contributed by atoms with E-state index in [2.05, 4.69) is 9.89 Å². The van der Waals surface area contributed by atoms with Crippen LogP contribution in [0.4, 0.5) is 0 Å². The first kappa shape index (κ1) is 8.97. The molecule has 0 atom stereocenters. The summed E-state index contributed by atoms with van der Waals surface area (Å²) >= 11 is 0. The zero-order chi connectivity index (χ0) is 8.81.